The number of carboxylic acids is 1. The second kappa shape index (κ2) is 5.15. The summed E-state index contributed by atoms with van der Waals surface area (Å²) in [6.45, 7) is 0. The summed E-state index contributed by atoms with van der Waals surface area (Å²) in [4.78, 5) is 22.9. The Bertz CT molecular complexity index is 783. The van der Waals surface area contributed by atoms with Gasteiger partial charge in [-0.1, -0.05) is 12.1 Å². The summed E-state index contributed by atoms with van der Waals surface area (Å²) < 4.78 is 1.81. The van der Waals surface area contributed by atoms with Gasteiger partial charge in [-0.25, -0.2) is 4.68 Å². The topological polar surface area (TPSA) is 110 Å². The van der Waals surface area contributed by atoms with Crippen molar-refractivity contribution in [3.63, 3.8) is 0 Å². The summed E-state index contributed by atoms with van der Waals surface area (Å²) in [5.41, 5.74) is 1.44. The minimum atomic E-state index is -0.914. The van der Waals surface area contributed by atoms with E-state index in [1.165, 1.54) is 0 Å². The summed E-state index contributed by atoms with van der Waals surface area (Å²) in [7, 11) is 0. The number of hydrogen-bond donors (Lipinski definition) is 2. The quantitative estimate of drug-likeness (QED) is 0.861. The summed E-state index contributed by atoms with van der Waals surface area (Å²) in [5.74, 6) is -1.48. The van der Waals surface area contributed by atoms with Gasteiger partial charge in [-0.15, -0.1) is 5.10 Å². The molecule has 2 aliphatic rings. The van der Waals surface area contributed by atoms with Crippen LogP contribution >= 0.6 is 0 Å². The number of amides is 1. The largest absolute Gasteiger partial charge is 0.481 e. The van der Waals surface area contributed by atoms with Crippen molar-refractivity contribution >= 4 is 17.6 Å². The summed E-state index contributed by atoms with van der Waals surface area (Å²) in [6, 6.07) is 7.64. The summed E-state index contributed by atoms with van der Waals surface area (Å²) >= 11 is 0. The normalized spacial score (nSPS) is 22.6. The van der Waals surface area contributed by atoms with Crippen LogP contribution in [0.2, 0.25) is 0 Å². The molecule has 2 unspecified atom stereocenters. The fourth-order valence-electron chi connectivity index (χ4n) is 2.68. The first-order valence-electron chi connectivity index (χ1n) is 7.55. The molecule has 0 saturated heterocycles. The van der Waals surface area contributed by atoms with Crippen molar-refractivity contribution in [3.05, 3.63) is 24.3 Å². The first-order chi connectivity index (χ1) is 11.1. The van der Waals surface area contributed by atoms with E-state index < -0.39 is 17.8 Å². The van der Waals surface area contributed by atoms with Gasteiger partial charge in [-0.3, -0.25) is 9.59 Å². The van der Waals surface area contributed by atoms with Crippen LogP contribution < -0.4 is 5.32 Å². The molecule has 0 bridgehead atoms. The zero-order chi connectivity index (χ0) is 16.0. The molecule has 1 amide bonds. The van der Waals surface area contributed by atoms with E-state index in [4.69, 9.17) is 5.11 Å². The first kappa shape index (κ1) is 13.9. The molecule has 1 aromatic heterocycles. The predicted molar refractivity (Wildman–Crippen MR) is 79.4 cm³/mol. The number of nitrogens with one attached hydrogen (secondary N) is 1. The SMILES string of the molecule is O=C(O)C1CC1C(=O)Nc1cccc(-c2nnnn2C2CC2)c1. The Morgan fingerprint density at radius 3 is 2.78 bits per heavy atom. The Morgan fingerprint density at radius 2 is 2.09 bits per heavy atom. The van der Waals surface area contributed by atoms with Gasteiger partial charge in [-0.2, -0.15) is 0 Å². The van der Waals surface area contributed by atoms with Crippen molar-refractivity contribution in [1.29, 1.82) is 0 Å². The van der Waals surface area contributed by atoms with E-state index in [9.17, 15) is 9.59 Å². The zero-order valence-electron chi connectivity index (χ0n) is 12.2. The van der Waals surface area contributed by atoms with Crippen LogP contribution in [0.15, 0.2) is 24.3 Å². The van der Waals surface area contributed by atoms with Gasteiger partial charge in [0.05, 0.1) is 17.9 Å². The number of rotatable bonds is 5. The average molecular weight is 313 g/mol. The third-order valence-electron chi connectivity index (χ3n) is 4.22. The van der Waals surface area contributed by atoms with Gasteiger partial charge in [0.2, 0.25) is 5.91 Å². The maximum absolute atomic E-state index is 12.1. The summed E-state index contributed by atoms with van der Waals surface area (Å²) in [6.07, 6.45) is 2.56. The molecule has 2 aliphatic carbocycles. The van der Waals surface area contributed by atoms with Crippen molar-refractivity contribution in [2.75, 3.05) is 5.32 Å². The fraction of sp³-hybridized carbons (Fsp3) is 0.400. The minimum absolute atomic E-state index is 0.253. The lowest BCUT2D eigenvalue weighted by Crippen LogP contribution is -2.16. The van der Waals surface area contributed by atoms with Crippen LogP contribution in [0.1, 0.15) is 25.3 Å². The van der Waals surface area contributed by atoms with E-state index in [0.717, 1.165) is 18.4 Å². The van der Waals surface area contributed by atoms with Gasteiger partial charge in [0.1, 0.15) is 0 Å². The highest BCUT2D eigenvalue weighted by molar-refractivity contribution is 5.98. The highest BCUT2D eigenvalue weighted by atomic mass is 16.4. The molecule has 8 nitrogen and oxygen atoms in total. The van der Waals surface area contributed by atoms with E-state index in [1.54, 1.807) is 12.1 Å². The van der Waals surface area contributed by atoms with Gasteiger partial charge in [0, 0.05) is 11.3 Å². The first-order valence-corrected chi connectivity index (χ1v) is 7.55. The molecule has 8 heteroatoms. The van der Waals surface area contributed by atoms with Crippen LogP contribution in [0.4, 0.5) is 5.69 Å². The average Bonchev–Trinajstić information content (AvgIpc) is 3.45. The molecule has 4 rings (SSSR count). The van der Waals surface area contributed by atoms with E-state index >= 15 is 0 Å². The van der Waals surface area contributed by atoms with Gasteiger partial charge in [0.25, 0.3) is 0 Å². The lowest BCUT2D eigenvalue weighted by atomic mass is 10.2. The van der Waals surface area contributed by atoms with Crippen molar-refractivity contribution in [1.82, 2.24) is 20.2 Å². The second-order valence-electron chi connectivity index (χ2n) is 6.04. The molecule has 118 valence electrons. The third-order valence-corrected chi connectivity index (χ3v) is 4.22. The number of hydrogen-bond acceptors (Lipinski definition) is 5. The number of anilines is 1. The van der Waals surface area contributed by atoms with Crippen molar-refractivity contribution in [2.24, 2.45) is 11.8 Å². The Balaban J connectivity index is 1.51. The Hall–Kier alpha value is -2.77. The molecular formula is C15H15N5O3. The minimum Gasteiger partial charge on any atom is -0.481 e. The molecule has 0 spiro atoms. The molecule has 2 fully saturated rings. The standard InChI is InChI=1S/C15H15N5O3/c21-14(11-7-12(11)15(22)23)16-9-3-1-2-8(6-9)13-17-18-19-20(13)10-4-5-10/h1-3,6,10-12H,4-5,7H2,(H,16,21)(H,22,23). The Morgan fingerprint density at radius 1 is 1.26 bits per heavy atom. The number of carbonyl (C=O) groups excluding carboxylic acids is 1. The van der Waals surface area contributed by atoms with Crippen molar-refractivity contribution in [2.45, 2.75) is 25.3 Å². The lowest BCUT2D eigenvalue weighted by molar-refractivity contribution is -0.139. The smallest absolute Gasteiger partial charge is 0.307 e. The molecule has 0 aliphatic heterocycles. The predicted octanol–water partition coefficient (Wildman–Crippen LogP) is 1.33. The summed E-state index contributed by atoms with van der Waals surface area (Å²) in [5, 5.41) is 23.5. The van der Waals surface area contributed by atoms with Gasteiger partial charge in [-0.05, 0) is 41.8 Å². The van der Waals surface area contributed by atoms with Gasteiger partial charge < -0.3 is 10.4 Å². The maximum Gasteiger partial charge on any atom is 0.307 e. The molecule has 2 atom stereocenters. The fourth-order valence-corrected chi connectivity index (χ4v) is 2.68. The van der Waals surface area contributed by atoms with Crippen LogP contribution in [0.5, 0.6) is 0 Å². The van der Waals surface area contributed by atoms with Gasteiger partial charge in [0.15, 0.2) is 5.82 Å². The number of benzene rings is 1. The number of tetrazole rings is 1. The monoisotopic (exact) mass is 313 g/mol. The van der Waals surface area contributed by atoms with E-state index in [0.29, 0.717) is 24.0 Å². The maximum atomic E-state index is 12.1. The Kier molecular flexibility index (Phi) is 3.10. The van der Waals surface area contributed by atoms with Crippen LogP contribution in [-0.4, -0.2) is 37.2 Å². The van der Waals surface area contributed by atoms with Crippen LogP contribution in [-0.2, 0) is 9.59 Å². The number of carboxylic acid groups (broad SMARTS) is 1. The lowest BCUT2D eigenvalue weighted by Gasteiger charge is -2.07. The second-order valence-corrected chi connectivity index (χ2v) is 6.04. The zero-order valence-corrected chi connectivity index (χ0v) is 12.2. The third kappa shape index (κ3) is 2.67. The van der Waals surface area contributed by atoms with E-state index in [-0.39, 0.29) is 5.91 Å². The number of aliphatic carboxylic acids is 1. The van der Waals surface area contributed by atoms with Gasteiger partial charge >= 0.3 is 5.97 Å². The highest BCUT2D eigenvalue weighted by Gasteiger charge is 2.48. The number of nitrogens with zero attached hydrogens (tertiary/aromatic N) is 4. The Labute approximate surface area is 131 Å². The molecule has 1 aromatic carbocycles. The molecular weight excluding hydrogens is 298 g/mol. The van der Waals surface area contributed by atoms with Crippen LogP contribution in [0, 0.1) is 11.8 Å². The van der Waals surface area contributed by atoms with E-state index in [2.05, 4.69) is 20.8 Å². The molecule has 1 heterocycles. The molecule has 2 N–H and O–H groups in total. The highest BCUT2D eigenvalue weighted by Crippen LogP contribution is 2.40. The number of carbonyl (C=O) groups is 2. The molecule has 23 heavy (non-hydrogen) atoms. The van der Waals surface area contributed by atoms with Crippen molar-refractivity contribution < 1.29 is 14.7 Å². The molecule has 2 saturated carbocycles. The van der Waals surface area contributed by atoms with Crippen LogP contribution in [0.3, 0.4) is 0 Å². The number of aromatic nitrogens is 4. The molecule has 2 aromatic rings. The van der Waals surface area contributed by atoms with Crippen LogP contribution in [0.25, 0.3) is 11.4 Å². The molecule has 0 radical (unpaired) electrons. The van der Waals surface area contributed by atoms with E-state index in [1.807, 2.05) is 16.8 Å². The van der Waals surface area contributed by atoms with Crippen molar-refractivity contribution in [3.8, 4) is 11.4 Å².